The van der Waals surface area contributed by atoms with Crippen molar-refractivity contribution in [1.29, 1.82) is 0 Å². The molecule has 0 saturated heterocycles. The van der Waals surface area contributed by atoms with Crippen LogP contribution < -0.4 is 10.1 Å². The van der Waals surface area contributed by atoms with Gasteiger partial charge in [0.05, 0.1) is 17.1 Å². The third-order valence-electron chi connectivity index (χ3n) is 2.77. The van der Waals surface area contributed by atoms with Gasteiger partial charge >= 0.3 is 0 Å². The van der Waals surface area contributed by atoms with E-state index >= 15 is 0 Å². The van der Waals surface area contributed by atoms with Crippen LogP contribution in [0.1, 0.15) is 24.2 Å². The molecule has 7 nitrogen and oxygen atoms in total. The zero-order valence-electron chi connectivity index (χ0n) is 13.0. The Morgan fingerprint density at radius 1 is 1.41 bits per heavy atom. The molecule has 0 heterocycles. The number of hydrogen-bond donors (Lipinski definition) is 1. The summed E-state index contributed by atoms with van der Waals surface area (Å²) < 4.78 is 10.4. The Morgan fingerprint density at radius 2 is 2.09 bits per heavy atom. The first-order valence-electron chi connectivity index (χ1n) is 6.70. The maximum Gasteiger partial charge on any atom is 0.293 e. The highest BCUT2D eigenvalue weighted by atomic mass is 16.6. The van der Waals surface area contributed by atoms with E-state index in [4.69, 9.17) is 9.47 Å². The van der Waals surface area contributed by atoms with E-state index in [1.54, 1.807) is 6.92 Å². The second kappa shape index (κ2) is 8.14. The molecule has 0 atom stereocenters. The fourth-order valence-electron chi connectivity index (χ4n) is 1.74. The van der Waals surface area contributed by atoms with Gasteiger partial charge in [-0.05, 0) is 19.4 Å². The number of nitro groups is 1. The van der Waals surface area contributed by atoms with Crippen molar-refractivity contribution in [3.8, 4) is 5.75 Å². The lowest BCUT2D eigenvalue weighted by Gasteiger charge is -2.13. The number of methoxy groups -OCH3 is 1. The fraction of sp³-hybridized carbons (Fsp3) is 0.400. The molecule has 0 unspecified atom stereocenters. The summed E-state index contributed by atoms with van der Waals surface area (Å²) in [6.45, 7) is 7.88. The number of ketones is 1. The van der Waals surface area contributed by atoms with E-state index in [1.807, 2.05) is 0 Å². The molecule has 0 fully saturated rings. The largest absolute Gasteiger partial charge is 0.488 e. The van der Waals surface area contributed by atoms with Crippen LogP contribution in [0.25, 0.3) is 0 Å². The van der Waals surface area contributed by atoms with E-state index in [0.29, 0.717) is 18.9 Å². The number of ether oxygens (including phenoxy) is 2. The predicted octanol–water partition coefficient (Wildman–Crippen LogP) is 2.81. The van der Waals surface area contributed by atoms with Crippen LogP contribution in [0.5, 0.6) is 5.75 Å². The van der Waals surface area contributed by atoms with Crippen LogP contribution in [0.15, 0.2) is 24.3 Å². The van der Waals surface area contributed by atoms with E-state index in [0.717, 1.165) is 5.57 Å². The lowest BCUT2D eigenvalue weighted by Crippen LogP contribution is -2.11. The Labute approximate surface area is 129 Å². The molecular formula is C15H20N2O5. The van der Waals surface area contributed by atoms with Crippen LogP contribution >= 0.6 is 0 Å². The number of nitrogens with one attached hydrogen (secondary N) is 1. The molecule has 1 rings (SSSR count). The number of rotatable bonds is 9. The topological polar surface area (TPSA) is 90.7 Å². The molecular weight excluding hydrogens is 288 g/mol. The quantitative estimate of drug-likeness (QED) is 0.248. The molecule has 0 bridgehead atoms. The Hall–Kier alpha value is -2.41. The van der Waals surface area contributed by atoms with Crippen molar-refractivity contribution >= 4 is 17.2 Å². The minimum absolute atomic E-state index is 0.172. The van der Waals surface area contributed by atoms with Gasteiger partial charge in [0.1, 0.15) is 18.0 Å². The smallest absolute Gasteiger partial charge is 0.293 e. The van der Waals surface area contributed by atoms with Crippen molar-refractivity contribution in [2.24, 2.45) is 0 Å². The van der Waals surface area contributed by atoms with Gasteiger partial charge in [-0.2, -0.15) is 0 Å². The zero-order valence-corrected chi connectivity index (χ0v) is 13.0. The van der Waals surface area contributed by atoms with Gasteiger partial charge in [0.2, 0.25) is 0 Å². The molecule has 22 heavy (non-hydrogen) atoms. The van der Waals surface area contributed by atoms with Crippen molar-refractivity contribution in [2.45, 2.75) is 13.8 Å². The molecule has 0 aliphatic heterocycles. The van der Waals surface area contributed by atoms with E-state index < -0.39 is 4.92 Å². The molecule has 0 aromatic heterocycles. The normalized spacial score (nSPS) is 10.1. The number of anilines is 1. The molecule has 0 radical (unpaired) electrons. The van der Waals surface area contributed by atoms with Crippen LogP contribution in [0, 0.1) is 10.1 Å². The molecule has 1 N–H and O–H groups in total. The number of hydrogen-bond acceptors (Lipinski definition) is 6. The molecule has 0 saturated carbocycles. The van der Waals surface area contributed by atoms with Crippen molar-refractivity contribution < 1.29 is 19.2 Å². The molecule has 120 valence electrons. The SMILES string of the molecule is C=C(C)COc1cc(NCCOC)c([N+](=O)[O-])cc1C(C)=O. The van der Waals surface area contributed by atoms with Crippen LogP contribution in [-0.4, -0.2) is 37.6 Å². The van der Waals surface area contributed by atoms with Gasteiger partial charge in [0.15, 0.2) is 5.78 Å². The second-order valence-electron chi connectivity index (χ2n) is 4.84. The average molecular weight is 308 g/mol. The van der Waals surface area contributed by atoms with Gasteiger partial charge in [0, 0.05) is 25.8 Å². The molecule has 0 amide bonds. The van der Waals surface area contributed by atoms with Gasteiger partial charge < -0.3 is 14.8 Å². The van der Waals surface area contributed by atoms with Crippen LogP contribution in [0.3, 0.4) is 0 Å². The Bertz CT molecular complexity index is 584. The van der Waals surface area contributed by atoms with E-state index in [-0.39, 0.29) is 29.3 Å². The number of Topliss-reactive ketones (excluding diaryl/α,β-unsaturated/α-hetero) is 1. The van der Waals surface area contributed by atoms with Crippen molar-refractivity contribution in [3.05, 3.63) is 40.0 Å². The van der Waals surface area contributed by atoms with E-state index in [9.17, 15) is 14.9 Å². The number of benzene rings is 1. The first kappa shape index (κ1) is 17.6. The van der Waals surface area contributed by atoms with Crippen molar-refractivity contribution in [3.63, 3.8) is 0 Å². The lowest BCUT2D eigenvalue weighted by molar-refractivity contribution is -0.384. The summed E-state index contributed by atoms with van der Waals surface area (Å²) in [7, 11) is 1.54. The lowest BCUT2D eigenvalue weighted by atomic mass is 10.1. The maximum absolute atomic E-state index is 11.7. The van der Waals surface area contributed by atoms with Crippen molar-refractivity contribution in [1.82, 2.24) is 0 Å². The Morgan fingerprint density at radius 3 is 2.59 bits per heavy atom. The molecule has 1 aromatic carbocycles. The number of nitro benzene ring substituents is 1. The third-order valence-corrected chi connectivity index (χ3v) is 2.77. The van der Waals surface area contributed by atoms with Gasteiger partial charge in [-0.15, -0.1) is 0 Å². The summed E-state index contributed by atoms with van der Waals surface area (Å²) in [6.07, 6.45) is 0. The van der Waals surface area contributed by atoms with Gasteiger partial charge in [-0.3, -0.25) is 14.9 Å². The fourth-order valence-corrected chi connectivity index (χ4v) is 1.74. The monoisotopic (exact) mass is 308 g/mol. The van der Waals surface area contributed by atoms with E-state index in [2.05, 4.69) is 11.9 Å². The zero-order chi connectivity index (χ0) is 16.7. The summed E-state index contributed by atoms with van der Waals surface area (Å²) in [4.78, 5) is 22.3. The summed E-state index contributed by atoms with van der Waals surface area (Å²) >= 11 is 0. The summed E-state index contributed by atoms with van der Waals surface area (Å²) in [5.74, 6) is -0.00993. The van der Waals surface area contributed by atoms with Gasteiger partial charge in [0.25, 0.3) is 5.69 Å². The first-order valence-corrected chi connectivity index (χ1v) is 6.70. The average Bonchev–Trinajstić information content (AvgIpc) is 2.44. The summed E-state index contributed by atoms with van der Waals surface area (Å²) in [6, 6.07) is 2.69. The molecule has 0 aliphatic carbocycles. The third kappa shape index (κ3) is 4.85. The number of carbonyl (C=O) groups excluding carboxylic acids is 1. The second-order valence-corrected chi connectivity index (χ2v) is 4.84. The molecule has 7 heteroatoms. The van der Waals surface area contributed by atoms with Crippen LogP contribution in [0.4, 0.5) is 11.4 Å². The highest BCUT2D eigenvalue weighted by Gasteiger charge is 2.21. The maximum atomic E-state index is 11.7. The minimum Gasteiger partial charge on any atom is -0.488 e. The van der Waals surface area contributed by atoms with Gasteiger partial charge in [-0.1, -0.05) is 6.58 Å². The predicted molar refractivity (Wildman–Crippen MR) is 83.8 cm³/mol. The Balaban J connectivity index is 3.22. The minimum atomic E-state index is -0.538. The van der Waals surface area contributed by atoms with Gasteiger partial charge in [-0.25, -0.2) is 0 Å². The van der Waals surface area contributed by atoms with Crippen LogP contribution in [0.2, 0.25) is 0 Å². The van der Waals surface area contributed by atoms with E-state index in [1.165, 1.54) is 26.2 Å². The Kier molecular flexibility index (Phi) is 6.52. The highest BCUT2D eigenvalue weighted by molar-refractivity contribution is 5.98. The van der Waals surface area contributed by atoms with Crippen LogP contribution in [-0.2, 0) is 4.74 Å². The summed E-state index contributed by atoms with van der Waals surface area (Å²) in [5, 5.41) is 14.1. The summed E-state index contributed by atoms with van der Waals surface area (Å²) in [5.41, 5.74) is 1.06. The highest BCUT2D eigenvalue weighted by Crippen LogP contribution is 2.33. The first-order chi connectivity index (χ1) is 10.4. The number of nitrogens with zero attached hydrogens (tertiary/aromatic N) is 1. The number of carbonyl (C=O) groups is 1. The molecule has 0 aliphatic rings. The standard InChI is InChI=1S/C15H20N2O5/c1-10(2)9-22-15-8-13(16-5-6-21-4)14(17(19)20)7-12(15)11(3)18/h7-8,16H,1,5-6,9H2,2-4H3. The van der Waals surface area contributed by atoms with Crippen molar-refractivity contribution in [2.75, 3.05) is 32.2 Å². The molecule has 0 spiro atoms. The molecule has 1 aromatic rings.